The Kier molecular flexibility index (Phi) is 9.80. The Bertz CT molecular complexity index is 818. The normalized spacial score (nSPS) is 20.8. The van der Waals surface area contributed by atoms with Gasteiger partial charge in [0.2, 0.25) is 0 Å². The monoisotopic (exact) mass is 552 g/mol. The van der Waals surface area contributed by atoms with Crippen molar-refractivity contribution in [1.29, 1.82) is 0 Å². The minimum absolute atomic E-state index is 0. The second kappa shape index (κ2) is 12.6. The Morgan fingerprint density at radius 2 is 1.78 bits per heavy atom. The number of aromatic nitrogens is 1. The smallest absolute Gasteiger partial charge is 0.194 e. The lowest BCUT2D eigenvalue weighted by Crippen LogP contribution is -2.52. The Hall–Kier alpha value is -1.65. The van der Waals surface area contributed by atoms with Gasteiger partial charge in [-0.15, -0.1) is 24.0 Å². The maximum absolute atomic E-state index is 4.94. The van der Waals surface area contributed by atoms with Gasteiger partial charge in [-0.1, -0.05) is 35.8 Å². The van der Waals surface area contributed by atoms with Crippen LogP contribution in [0.3, 0.4) is 0 Å². The summed E-state index contributed by atoms with van der Waals surface area (Å²) in [6.45, 7) is 10.2. The van der Waals surface area contributed by atoms with E-state index in [-0.39, 0.29) is 24.0 Å². The zero-order valence-electron chi connectivity index (χ0n) is 19.4. The summed E-state index contributed by atoms with van der Waals surface area (Å²) >= 11 is 0. The number of benzene rings is 1. The van der Waals surface area contributed by atoms with Crippen LogP contribution >= 0.6 is 24.0 Å². The zero-order valence-corrected chi connectivity index (χ0v) is 21.7. The van der Waals surface area contributed by atoms with Crippen LogP contribution in [0.25, 0.3) is 0 Å². The molecule has 1 atom stereocenters. The van der Waals surface area contributed by atoms with E-state index in [4.69, 9.17) is 4.52 Å². The number of nitrogens with zero attached hydrogens (tertiary/aromatic N) is 5. The third kappa shape index (κ3) is 6.92. The van der Waals surface area contributed by atoms with Gasteiger partial charge in [-0.25, -0.2) is 0 Å². The molecular formula is C24H37IN6O. The number of rotatable bonds is 6. The van der Waals surface area contributed by atoms with E-state index < -0.39 is 0 Å². The van der Waals surface area contributed by atoms with Crippen LogP contribution in [0.15, 0.2) is 46.1 Å². The number of guanidine groups is 1. The van der Waals surface area contributed by atoms with Gasteiger partial charge in [0.25, 0.3) is 0 Å². The number of halogens is 1. The second-order valence-corrected chi connectivity index (χ2v) is 8.79. The van der Waals surface area contributed by atoms with Crippen LogP contribution in [-0.2, 0) is 19.6 Å². The maximum atomic E-state index is 4.94. The second-order valence-electron chi connectivity index (χ2n) is 8.79. The molecule has 8 heteroatoms. The molecule has 1 N–H and O–H groups in total. The maximum Gasteiger partial charge on any atom is 0.194 e. The van der Waals surface area contributed by atoms with Crippen molar-refractivity contribution in [2.24, 2.45) is 4.99 Å². The SMILES string of the molecule is CN=C(NCc1ccc(CN2CCCCC2C)cc1)N1CCN(Cc2ccon2)CC1.I. The summed E-state index contributed by atoms with van der Waals surface area (Å²) in [5, 5.41) is 7.56. The molecule has 2 aliphatic heterocycles. The highest BCUT2D eigenvalue weighted by molar-refractivity contribution is 14.0. The number of likely N-dealkylation sites (tertiary alicyclic amines) is 1. The topological polar surface area (TPSA) is 60.1 Å². The first-order valence-corrected chi connectivity index (χ1v) is 11.6. The molecule has 0 saturated carbocycles. The van der Waals surface area contributed by atoms with Gasteiger partial charge < -0.3 is 14.7 Å². The fourth-order valence-corrected chi connectivity index (χ4v) is 4.57. The van der Waals surface area contributed by atoms with Gasteiger partial charge in [0.1, 0.15) is 6.26 Å². The van der Waals surface area contributed by atoms with E-state index in [2.05, 4.69) is 61.4 Å². The molecule has 2 aromatic rings. The largest absolute Gasteiger partial charge is 0.364 e. The van der Waals surface area contributed by atoms with E-state index in [1.54, 1.807) is 6.26 Å². The molecule has 2 fully saturated rings. The Labute approximate surface area is 209 Å². The number of hydrogen-bond donors (Lipinski definition) is 1. The number of hydrogen-bond acceptors (Lipinski definition) is 5. The van der Waals surface area contributed by atoms with Crippen molar-refractivity contribution in [3.63, 3.8) is 0 Å². The Morgan fingerprint density at radius 3 is 2.44 bits per heavy atom. The number of piperidine rings is 1. The Morgan fingerprint density at radius 1 is 1.03 bits per heavy atom. The van der Waals surface area contributed by atoms with Gasteiger partial charge in [0.05, 0.1) is 5.69 Å². The molecule has 2 aliphatic rings. The Balaban J connectivity index is 0.00000289. The van der Waals surface area contributed by atoms with Crippen LogP contribution in [0.2, 0.25) is 0 Å². The zero-order chi connectivity index (χ0) is 21.5. The van der Waals surface area contributed by atoms with E-state index >= 15 is 0 Å². The third-order valence-corrected chi connectivity index (χ3v) is 6.56. The number of aliphatic imine (C=N–C) groups is 1. The number of nitrogens with one attached hydrogen (secondary N) is 1. The molecule has 32 heavy (non-hydrogen) atoms. The highest BCUT2D eigenvalue weighted by Crippen LogP contribution is 2.19. The van der Waals surface area contributed by atoms with Crippen LogP contribution in [0.1, 0.15) is 43.0 Å². The molecule has 1 unspecified atom stereocenters. The van der Waals surface area contributed by atoms with E-state index in [0.29, 0.717) is 6.04 Å². The summed E-state index contributed by atoms with van der Waals surface area (Å²) < 4.78 is 4.94. The average Bonchev–Trinajstić information content (AvgIpc) is 3.31. The predicted molar refractivity (Wildman–Crippen MR) is 139 cm³/mol. The molecule has 1 aromatic heterocycles. The summed E-state index contributed by atoms with van der Waals surface area (Å²) in [5.74, 6) is 0.979. The molecular weight excluding hydrogens is 515 g/mol. The van der Waals surface area contributed by atoms with Crippen LogP contribution < -0.4 is 5.32 Å². The molecule has 0 aliphatic carbocycles. The van der Waals surface area contributed by atoms with Crippen molar-refractivity contribution in [3.05, 3.63) is 53.4 Å². The summed E-state index contributed by atoms with van der Waals surface area (Å²) in [6.07, 6.45) is 5.67. The molecule has 1 aromatic carbocycles. The molecule has 0 amide bonds. The van der Waals surface area contributed by atoms with E-state index in [1.807, 2.05) is 13.1 Å². The van der Waals surface area contributed by atoms with Crippen molar-refractivity contribution in [2.45, 2.75) is 51.9 Å². The lowest BCUT2D eigenvalue weighted by molar-refractivity contribution is 0.152. The van der Waals surface area contributed by atoms with Crippen LogP contribution in [-0.4, -0.2) is 71.6 Å². The van der Waals surface area contributed by atoms with Crippen LogP contribution in [0.5, 0.6) is 0 Å². The highest BCUT2D eigenvalue weighted by atomic mass is 127. The molecule has 4 rings (SSSR count). The lowest BCUT2D eigenvalue weighted by Gasteiger charge is -2.36. The summed E-state index contributed by atoms with van der Waals surface area (Å²) in [6, 6.07) is 11.7. The van der Waals surface area contributed by atoms with Crippen molar-refractivity contribution in [3.8, 4) is 0 Å². The molecule has 3 heterocycles. The van der Waals surface area contributed by atoms with E-state index in [0.717, 1.165) is 57.5 Å². The van der Waals surface area contributed by atoms with Gasteiger partial charge >= 0.3 is 0 Å². The van der Waals surface area contributed by atoms with Crippen molar-refractivity contribution in [1.82, 2.24) is 25.2 Å². The van der Waals surface area contributed by atoms with Gasteiger partial charge in [-0.05, 0) is 37.4 Å². The van der Waals surface area contributed by atoms with Crippen molar-refractivity contribution < 1.29 is 4.52 Å². The summed E-state index contributed by atoms with van der Waals surface area (Å²) in [7, 11) is 1.87. The van der Waals surface area contributed by atoms with Crippen molar-refractivity contribution in [2.75, 3.05) is 39.8 Å². The lowest BCUT2D eigenvalue weighted by atomic mass is 10.0. The fourth-order valence-electron chi connectivity index (χ4n) is 4.57. The third-order valence-electron chi connectivity index (χ3n) is 6.56. The fraction of sp³-hybridized carbons (Fsp3) is 0.583. The average molecular weight is 553 g/mol. The molecule has 176 valence electrons. The highest BCUT2D eigenvalue weighted by Gasteiger charge is 2.20. The standard InChI is InChI=1S/C24H36N6O.HI/c1-20-5-3-4-11-30(20)18-22-8-6-21(7-9-22)17-26-24(25-2)29-14-12-28(13-15-29)19-23-10-16-31-27-23;/h6-10,16,20H,3-5,11-15,17-19H2,1-2H3,(H,25,26);1H. The van der Waals surface area contributed by atoms with Gasteiger partial charge in [0, 0.05) is 65.0 Å². The van der Waals surface area contributed by atoms with Crippen molar-refractivity contribution >= 4 is 29.9 Å². The molecule has 2 saturated heterocycles. The van der Waals surface area contributed by atoms with E-state index in [9.17, 15) is 0 Å². The molecule has 7 nitrogen and oxygen atoms in total. The van der Waals surface area contributed by atoms with Gasteiger partial charge in [0.15, 0.2) is 5.96 Å². The predicted octanol–water partition coefficient (Wildman–Crippen LogP) is 3.56. The minimum Gasteiger partial charge on any atom is -0.364 e. The first kappa shape index (κ1) is 25.0. The quantitative estimate of drug-likeness (QED) is 0.336. The first-order valence-electron chi connectivity index (χ1n) is 11.6. The van der Waals surface area contributed by atoms with Crippen LogP contribution in [0.4, 0.5) is 0 Å². The van der Waals surface area contributed by atoms with Gasteiger partial charge in [-0.2, -0.15) is 0 Å². The molecule has 0 spiro atoms. The molecule has 0 bridgehead atoms. The first-order chi connectivity index (χ1) is 15.2. The number of piperazine rings is 1. The van der Waals surface area contributed by atoms with E-state index in [1.165, 1.54) is 36.9 Å². The van der Waals surface area contributed by atoms with Gasteiger partial charge in [-0.3, -0.25) is 14.8 Å². The summed E-state index contributed by atoms with van der Waals surface area (Å²) in [5.41, 5.74) is 3.69. The summed E-state index contributed by atoms with van der Waals surface area (Å²) in [4.78, 5) is 11.9. The minimum atomic E-state index is 0. The molecule has 0 radical (unpaired) electrons. The van der Waals surface area contributed by atoms with Crippen LogP contribution in [0, 0.1) is 0 Å².